The van der Waals surface area contributed by atoms with Crippen molar-refractivity contribution in [2.24, 2.45) is 17.8 Å². The standard InChI is InChI=1S/C31H38N4O5S.C20H35N3O5S/c1-4-20(2)26(33-30(38)25-14-15-27(36)32-25)18-34(17-23-11-7-10-22-9-5-6-12-24(22)23)19-28(37)35(21(3)31(39)40)29-13-8-16-41-29;1-6-13(4)16(18(25)21-14(20(27)28)9-11-29-5)22-19(26)17(12(2)3)23-10-7-8-15(23)24/h5-13,16,20-21,25-26H,4,14-15,17-19H2,1-3H3,(H,32,36)(H,33,38)(H,39,40);12-14,16-17H,6-11H2,1-5H3,(H,21,25)(H,22,26)(H,27,28)/t20-,21-,25-,26+;13-,14-,16-,17-/m00/s1. The van der Waals surface area contributed by atoms with Crippen LogP contribution in [0.5, 0.6) is 0 Å². The lowest BCUT2D eigenvalue weighted by molar-refractivity contribution is -0.143. The molecule has 70 heavy (non-hydrogen) atoms. The number of carboxylic acid groups (broad SMARTS) is 2. The second-order valence-corrected chi connectivity index (χ2v) is 20.5. The minimum atomic E-state index is -1.09. The monoisotopic (exact) mass is 1010 g/mol. The SMILES string of the molecule is CC[C@H](C)[C@@H](CN(CC(=O)N(c1cccs1)[C@@H](C)C(=O)O)Cc1cccc2ccccc12)NC(=O)[C@@H]1CCC(=O)N1.CC[C@H](C)[C@H](NC(=O)[C@H](C(C)C)N1CCCC1=O)C(=O)N[C@@H](CCSC)C(=O)O. The van der Waals surface area contributed by atoms with Gasteiger partial charge in [0.1, 0.15) is 30.2 Å². The number of nitrogens with zero attached hydrogens (tertiary/aromatic N) is 3. The Kier molecular flexibility index (Phi) is 22.6. The number of carbonyl (C=O) groups excluding carboxylic acids is 6. The number of thioether (sulfide) groups is 1. The van der Waals surface area contributed by atoms with Crippen LogP contribution in [0.1, 0.15) is 99.0 Å². The molecule has 5 rings (SSSR count). The van der Waals surface area contributed by atoms with Gasteiger partial charge in [0.05, 0.1) is 11.5 Å². The first kappa shape index (κ1) is 57.1. The maximum atomic E-state index is 13.8. The molecule has 0 saturated carbocycles. The number of hydrogen-bond acceptors (Lipinski definition) is 11. The number of rotatable bonds is 25. The summed E-state index contributed by atoms with van der Waals surface area (Å²) in [6, 6.07) is 13.2. The molecule has 0 aliphatic carbocycles. The topological polar surface area (TPSA) is 235 Å². The lowest BCUT2D eigenvalue weighted by atomic mass is 9.95. The van der Waals surface area contributed by atoms with Gasteiger partial charge in [0.25, 0.3) is 0 Å². The van der Waals surface area contributed by atoms with Crippen molar-refractivity contribution in [1.29, 1.82) is 0 Å². The molecular formula is C51H73N7O10S2. The van der Waals surface area contributed by atoms with Crippen molar-refractivity contribution in [3.05, 3.63) is 65.5 Å². The first-order valence-electron chi connectivity index (χ1n) is 24.3. The highest BCUT2D eigenvalue weighted by Gasteiger charge is 2.38. The number of fused-ring (bicyclic) bond motifs is 1. The molecule has 0 bridgehead atoms. The summed E-state index contributed by atoms with van der Waals surface area (Å²) in [5.74, 6) is -3.39. The number of likely N-dealkylation sites (tertiary alicyclic amines) is 1. The molecule has 0 unspecified atom stereocenters. The van der Waals surface area contributed by atoms with Gasteiger partial charge in [0, 0.05) is 38.5 Å². The van der Waals surface area contributed by atoms with E-state index in [1.54, 1.807) is 17.0 Å². The van der Waals surface area contributed by atoms with Crippen molar-refractivity contribution in [3.63, 3.8) is 0 Å². The third-order valence-corrected chi connectivity index (χ3v) is 14.7. The van der Waals surface area contributed by atoms with Crippen LogP contribution in [0.25, 0.3) is 10.8 Å². The van der Waals surface area contributed by atoms with E-state index in [0.29, 0.717) is 62.5 Å². The number of aliphatic carboxylic acids is 2. The largest absolute Gasteiger partial charge is 0.480 e. The summed E-state index contributed by atoms with van der Waals surface area (Å²) in [6.45, 7) is 14.4. The van der Waals surface area contributed by atoms with E-state index >= 15 is 0 Å². The van der Waals surface area contributed by atoms with Crippen LogP contribution in [0.4, 0.5) is 5.00 Å². The molecule has 19 heteroatoms. The molecule has 17 nitrogen and oxygen atoms in total. The first-order chi connectivity index (χ1) is 33.3. The number of amides is 6. The molecule has 3 aromatic rings. The summed E-state index contributed by atoms with van der Waals surface area (Å²) in [5.41, 5.74) is 1.03. The Bertz CT molecular complexity index is 2260. The number of carbonyl (C=O) groups is 8. The third kappa shape index (κ3) is 16.0. The van der Waals surface area contributed by atoms with Crippen molar-refractivity contribution >= 4 is 86.3 Å². The van der Waals surface area contributed by atoms with E-state index in [4.69, 9.17) is 0 Å². The van der Waals surface area contributed by atoms with E-state index in [1.165, 1.54) is 34.9 Å². The van der Waals surface area contributed by atoms with Gasteiger partial charge in [-0.25, -0.2) is 9.59 Å². The second kappa shape index (κ2) is 27.8. The number of anilines is 1. The summed E-state index contributed by atoms with van der Waals surface area (Å²) in [4.78, 5) is 105. The van der Waals surface area contributed by atoms with Gasteiger partial charge in [-0.05, 0) is 89.8 Å². The molecule has 384 valence electrons. The zero-order valence-corrected chi connectivity index (χ0v) is 43.4. The Morgan fingerprint density at radius 2 is 1.56 bits per heavy atom. The van der Waals surface area contributed by atoms with Gasteiger partial charge >= 0.3 is 11.9 Å². The molecular weight excluding hydrogens is 935 g/mol. The number of thiophene rings is 1. The summed E-state index contributed by atoms with van der Waals surface area (Å²) in [5, 5.41) is 35.0. The van der Waals surface area contributed by atoms with Crippen molar-refractivity contribution in [1.82, 2.24) is 31.1 Å². The zero-order valence-electron chi connectivity index (χ0n) is 41.8. The molecule has 2 aromatic carbocycles. The zero-order chi connectivity index (χ0) is 51.7. The Labute approximate surface area is 420 Å². The maximum Gasteiger partial charge on any atom is 0.326 e. The fourth-order valence-electron chi connectivity index (χ4n) is 8.66. The molecule has 2 aliphatic heterocycles. The average Bonchev–Trinajstić information content (AvgIpc) is 4.12. The van der Waals surface area contributed by atoms with Crippen LogP contribution in [-0.2, 0) is 44.9 Å². The lowest BCUT2D eigenvalue weighted by Gasteiger charge is -2.34. The summed E-state index contributed by atoms with van der Waals surface area (Å²) >= 11 is 2.82. The van der Waals surface area contributed by atoms with Gasteiger partial charge in [0.2, 0.25) is 35.4 Å². The Hall–Kier alpha value is -5.53. The molecule has 2 fully saturated rings. The maximum absolute atomic E-state index is 13.8. The minimum absolute atomic E-state index is 0.0400. The lowest BCUT2D eigenvalue weighted by Crippen LogP contribution is -2.58. The molecule has 0 radical (unpaired) electrons. The molecule has 3 heterocycles. The Morgan fingerprint density at radius 3 is 2.13 bits per heavy atom. The molecule has 1 aromatic heterocycles. The fourth-order valence-corrected chi connectivity index (χ4v) is 9.96. The van der Waals surface area contributed by atoms with Gasteiger partial charge in [-0.15, -0.1) is 11.3 Å². The number of hydrogen-bond donors (Lipinski definition) is 6. The predicted octanol–water partition coefficient (Wildman–Crippen LogP) is 5.51. The van der Waals surface area contributed by atoms with E-state index in [0.717, 1.165) is 29.2 Å². The van der Waals surface area contributed by atoms with Crippen molar-refractivity contribution in [2.45, 2.75) is 136 Å². The van der Waals surface area contributed by atoms with Gasteiger partial charge in [-0.2, -0.15) is 11.8 Å². The van der Waals surface area contributed by atoms with Crippen LogP contribution in [-0.4, -0.2) is 135 Å². The summed E-state index contributed by atoms with van der Waals surface area (Å²) in [6.07, 6.45) is 5.55. The predicted molar refractivity (Wildman–Crippen MR) is 274 cm³/mol. The molecule has 6 N–H and O–H groups in total. The van der Waals surface area contributed by atoms with E-state index in [2.05, 4.69) is 35.1 Å². The van der Waals surface area contributed by atoms with E-state index in [1.807, 2.05) is 86.7 Å². The van der Waals surface area contributed by atoms with Gasteiger partial charge < -0.3 is 36.4 Å². The van der Waals surface area contributed by atoms with Crippen molar-refractivity contribution < 1.29 is 48.6 Å². The molecule has 6 amide bonds. The van der Waals surface area contributed by atoms with E-state index < -0.39 is 48.1 Å². The molecule has 2 saturated heterocycles. The Balaban J connectivity index is 0.000000325. The summed E-state index contributed by atoms with van der Waals surface area (Å²) < 4.78 is 0. The number of carboxylic acids is 2. The highest BCUT2D eigenvalue weighted by Crippen LogP contribution is 2.26. The fraction of sp³-hybridized carbons (Fsp3) is 0.569. The average molecular weight is 1010 g/mol. The molecule has 0 spiro atoms. The van der Waals surface area contributed by atoms with Crippen LogP contribution in [0.3, 0.4) is 0 Å². The number of benzene rings is 2. The quantitative estimate of drug-likeness (QED) is 0.0617. The third-order valence-electron chi connectivity index (χ3n) is 13.2. The van der Waals surface area contributed by atoms with Crippen LogP contribution in [0.15, 0.2) is 60.0 Å². The first-order valence-corrected chi connectivity index (χ1v) is 26.6. The van der Waals surface area contributed by atoms with Gasteiger partial charge in [0.15, 0.2) is 0 Å². The van der Waals surface area contributed by atoms with E-state index in [-0.39, 0.29) is 59.9 Å². The van der Waals surface area contributed by atoms with Crippen LogP contribution in [0.2, 0.25) is 0 Å². The van der Waals surface area contributed by atoms with Gasteiger partial charge in [-0.1, -0.05) is 96.8 Å². The van der Waals surface area contributed by atoms with Crippen molar-refractivity contribution in [2.75, 3.05) is 36.5 Å². The molecule has 8 atom stereocenters. The smallest absolute Gasteiger partial charge is 0.326 e. The van der Waals surface area contributed by atoms with Crippen LogP contribution >= 0.6 is 23.1 Å². The highest BCUT2D eigenvalue weighted by atomic mass is 32.2. The number of nitrogens with one attached hydrogen (secondary N) is 4. The summed E-state index contributed by atoms with van der Waals surface area (Å²) in [7, 11) is 0. The highest BCUT2D eigenvalue weighted by molar-refractivity contribution is 7.98. The van der Waals surface area contributed by atoms with Crippen LogP contribution in [0, 0.1) is 17.8 Å². The second-order valence-electron chi connectivity index (χ2n) is 18.6. The van der Waals surface area contributed by atoms with Crippen LogP contribution < -0.4 is 26.2 Å². The van der Waals surface area contributed by atoms with E-state index in [9.17, 15) is 48.6 Å². The van der Waals surface area contributed by atoms with Crippen molar-refractivity contribution in [3.8, 4) is 0 Å². The van der Waals surface area contributed by atoms with Gasteiger partial charge in [-0.3, -0.25) is 38.6 Å². The Morgan fingerprint density at radius 1 is 0.857 bits per heavy atom. The minimum Gasteiger partial charge on any atom is -0.480 e. The molecule has 2 aliphatic rings. The normalized spacial score (nSPS) is 17.6.